The number of aromatic nitrogens is 3. The molecular weight excluding hydrogens is 390 g/mol. The van der Waals surface area contributed by atoms with Gasteiger partial charge in [-0.05, 0) is 32.3 Å². The summed E-state index contributed by atoms with van der Waals surface area (Å²) in [7, 11) is 5.57. The second kappa shape index (κ2) is 8.97. The molecule has 0 radical (unpaired) electrons. The maximum absolute atomic E-state index is 13.0. The molecule has 0 bridgehead atoms. The lowest BCUT2D eigenvalue weighted by Gasteiger charge is -2.12. The van der Waals surface area contributed by atoms with Crippen LogP contribution in [0.1, 0.15) is 10.5 Å². The summed E-state index contributed by atoms with van der Waals surface area (Å²) in [5.41, 5.74) is 4.32. The molecule has 2 aromatic heterocycles. The molecule has 2 heterocycles. The molecule has 0 saturated carbocycles. The van der Waals surface area contributed by atoms with Crippen LogP contribution in [-0.4, -0.2) is 59.7 Å². The van der Waals surface area contributed by atoms with Gasteiger partial charge in [-0.25, -0.2) is 9.50 Å². The summed E-state index contributed by atoms with van der Waals surface area (Å²) in [5, 5.41) is 7.65. The second-order valence-electron chi connectivity index (χ2n) is 7.48. The molecule has 2 aromatic carbocycles. The Morgan fingerprint density at radius 1 is 1.00 bits per heavy atom. The van der Waals surface area contributed by atoms with Crippen LogP contribution in [-0.2, 0) is 0 Å². The molecule has 7 nitrogen and oxygen atoms in total. The van der Waals surface area contributed by atoms with Crippen molar-refractivity contribution in [2.24, 2.45) is 0 Å². The van der Waals surface area contributed by atoms with Gasteiger partial charge in [-0.3, -0.25) is 4.79 Å². The molecule has 31 heavy (non-hydrogen) atoms. The molecule has 1 amide bonds. The quantitative estimate of drug-likeness (QED) is 0.501. The minimum atomic E-state index is -0.193. The molecule has 0 aliphatic carbocycles. The average Bonchev–Trinajstić information content (AvgIpc) is 3.23. The van der Waals surface area contributed by atoms with Crippen LogP contribution in [0.4, 0.5) is 0 Å². The highest BCUT2D eigenvalue weighted by Crippen LogP contribution is 2.26. The van der Waals surface area contributed by atoms with Crippen LogP contribution in [0.25, 0.3) is 28.2 Å². The molecule has 0 spiro atoms. The van der Waals surface area contributed by atoms with Gasteiger partial charge < -0.3 is 15.0 Å². The Balaban J connectivity index is 1.81. The molecule has 158 valence electrons. The van der Waals surface area contributed by atoms with Gasteiger partial charge in [0.25, 0.3) is 5.91 Å². The lowest BCUT2D eigenvalue weighted by atomic mass is 10.1. The van der Waals surface area contributed by atoms with Crippen molar-refractivity contribution in [3.63, 3.8) is 0 Å². The Morgan fingerprint density at radius 3 is 2.52 bits per heavy atom. The smallest absolute Gasteiger partial charge is 0.270 e. The molecule has 0 fully saturated rings. The van der Waals surface area contributed by atoms with E-state index in [0.717, 1.165) is 29.1 Å². The standard InChI is InChI=1S/C24H25N5O2/c1-28(2)13-12-25-24(30)22-15-20(18-10-7-11-19(14-18)31-3)26-23-16-21(27-29(22)23)17-8-5-4-6-9-17/h4-11,14-16H,12-13H2,1-3H3,(H,25,30). The normalized spacial score (nSPS) is 11.1. The average molecular weight is 415 g/mol. The highest BCUT2D eigenvalue weighted by atomic mass is 16.5. The lowest BCUT2D eigenvalue weighted by molar-refractivity contribution is 0.0943. The van der Waals surface area contributed by atoms with Crippen molar-refractivity contribution in [1.29, 1.82) is 0 Å². The zero-order chi connectivity index (χ0) is 21.8. The fourth-order valence-electron chi connectivity index (χ4n) is 3.30. The number of likely N-dealkylation sites (N-methyl/N-ethyl adjacent to an activating group) is 1. The van der Waals surface area contributed by atoms with Crippen molar-refractivity contribution >= 4 is 11.6 Å². The van der Waals surface area contributed by atoms with E-state index in [1.54, 1.807) is 17.7 Å². The van der Waals surface area contributed by atoms with Crippen molar-refractivity contribution in [2.75, 3.05) is 34.3 Å². The number of nitrogens with zero attached hydrogens (tertiary/aromatic N) is 4. The fourth-order valence-corrected chi connectivity index (χ4v) is 3.30. The van der Waals surface area contributed by atoms with Crippen molar-refractivity contribution in [2.45, 2.75) is 0 Å². The summed E-state index contributed by atoms with van der Waals surface area (Å²) >= 11 is 0. The lowest BCUT2D eigenvalue weighted by Crippen LogP contribution is -2.32. The topological polar surface area (TPSA) is 71.8 Å². The molecule has 7 heteroatoms. The van der Waals surface area contributed by atoms with Crippen LogP contribution >= 0.6 is 0 Å². The number of nitrogens with one attached hydrogen (secondary N) is 1. The van der Waals surface area contributed by atoms with Crippen LogP contribution in [0.2, 0.25) is 0 Å². The van der Waals surface area contributed by atoms with Gasteiger partial charge in [0.05, 0.1) is 18.5 Å². The van der Waals surface area contributed by atoms with Gasteiger partial charge in [-0.1, -0.05) is 42.5 Å². The van der Waals surface area contributed by atoms with Gasteiger partial charge in [-0.2, -0.15) is 5.10 Å². The Kier molecular flexibility index (Phi) is 5.95. The molecule has 0 saturated heterocycles. The Hall–Kier alpha value is -3.71. The number of carbonyl (C=O) groups excluding carboxylic acids is 1. The SMILES string of the molecule is COc1cccc(-c2cc(C(=O)NCCN(C)C)n3nc(-c4ccccc4)cc3n2)c1. The highest BCUT2D eigenvalue weighted by Gasteiger charge is 2.17. The fraction of sp³-hybridized carbons (Fsp3) is 0.208. The van der Waals surface area contributed by atoms with Crippen LogP contribution in [0, 0.1) is 0 Å². The number of hydrogen-bond acceptors (Lipinski definition) is 5. The molecular formula is C24H25N5O2. The van der Waals surface area contributed by atoms with E-state index < -0.39 is 0 Å². The van der Waals surface area contributed by atoms with Gasteiger partial charge >= 0.3 is 0 Å². The van der Waals surface area contributed by atoms with Crippen molar-refractivity contribution < 1.29 is 9.53 Å². The number of ether oxygens (including phenoxy) is 1. The van der Waals surface area contributed by atoms with Crippen LogP contribution in [0.5, 0.6) is 5.75 Å². The maximum Gasteiger partial charge on any atom is 0.270 e. The summed E-state index contributed by atoms with van der Waals surface area (Å²) in [6, 6.07) is 21.2. The van der Waals surface area contributed by atoms with Gasteiger partial charge in [0.15, 0.2) is 5.65 Å². The van der Waals surface area contributed by atoms with Crippen LogP contribution < -0.4 is 10.1 Å². The highest BCUT2D eigenvalue weighted by molar-refractivity contribution is 5.94. The molecule has 4 aromatic rings. The van der Waals surface area contributed by atoms with Crippen LogP contribution in [0.15, 0.2) is 66.7 Å². The van der Waals surface area contributed by atoms with E-state index in [0.29, 0.717) is 23.6 Å². The van der Waals surface area contributed by atoms with Crippen molar-refractivity contribution in [3.8, 4) is 28.3 Å². The molecule has 0 aliphatic heterocycles. The van der Waals surface area contributed by atoms with Gasteiger partial charge in [-0.15, -0.1) is 0 Å². The van der Waals surface area contributed by atoms with Gasteiger partial charge in [0.1, 0.15) is 11.4 Å². The van der Waals surface area contributed by atoms with Crippen LogP contribution in [0.3, 0.4) is 0 Å². The van der Waals surface area contributed by atoms with E-state index in [-0.39, 0.29) is 5.91 Å². The number of hydrogen-bond donors (Lipinski definition) is 1. The summed E-state index contributed by atoms with van der Waals surface area (Å²) in [6.07, 6.45) is 0. The number of fused-ring (bicyclic) bond motifs is 1. The summed E-state index contributed by atoms with van der Waals surface area (Å²) in [4.78, 5) is 19.8. The minimum absolute atomic E-state index is 0.193. The first-order chi connectivity index (χ1) is 15.0. The third kappa shape index (κ3) is 4.57. The molecule has 0 aliphatic rings. The number of methoxy groups -OCH3 is 1. The van der Waals surface area contributed by atoms with E-state index in [2.05, 4.69) is 10.4 Å². The van der Waals surface area contributed by atoms with E-state index in [9.17, 15) is 4.79 Å². The van der Waals surface area contributed by atoms with E-state index in [4.69, 9.17) is 9.72 Å². The number of carbonyl (C=O) groups is 1. The van der Waals surface area contributed by atoms with E-state index in [1.165, 1.54) is 0 Å². The third-order valence-corrected chi connectivity index (χ3v) is 4.94. The van der Waals surface area contributed by atoms with Crippen molar-refractivity contribution in [3.05, 3.63) is 72.4 Å². The van der Waals surface area contributed by atoms with Gasteiger partial charge in [0.2, 0.25) is 0 Å². The predicted molar refractivity (Wildman–Crippen MR) is 121 cm³/mol. The van der Waals surface area contributed by atoms with E-state index in [1.807, 2.05) is 79.7 Å². The summed E-state index contributed by atoms with van der Waals surface area (Å²) < 4.78 is 6.96. The first-order valence-corrected chi connectivity index (χ1v) is 10.1. The number of rotatable bonds is 7. The number of benzene rings is 2. The zero-order valence-corrected chi connectivity index (χ0v) is 17.9. The maximum atomic E-state index is 13.0. The monoisotopic (exact) mass is 415 g/mol. The summed E-state index contributed by atoms with van der Waals surface area (Å²) in [5.74, 6) is 0.538. The second-order valence-corrected chi connectivity index (χ2v) is 7.48. The molecule has 0 unspecified atom stereocenters. The molecule has 0 atom stereocenters. The summed E-state index contributed by atoms with van der Waals surface area (Å²) in [6.45, 7) is 1.29. The van der Waals surface area contributed by atoms with E-state index >= 15 is 0 Å². The number of amides is 1. The third-order valence-electron chi connectivity index (χ3n) is 4.94. The largest absolute Gasteiger partial charge is 0.497 e. The van der Waals surface area contributed by atoms with Gasteiger partial charge in [0, 0.05) is 30.3 Å². The Bertz CT molecular complexity index is 1200. The molecule has 1 N–H and O–H groups in total. The molecule has 4 rings (SSSR count). The first-order valence-electron chi connectivity index (χ1n) is 10.1. The zero-order valence-electron chi connectivity index (χ0n) is 17.9. The Labute approximate surface area is 181 Å². The predicted octanol–water partition coefficient (Wildman–Crippen LogP) is 3.36. The Morgan fingerprint density at radius 2 is 1.77 bits per heavy atom. The first kappa shape index (κ1) is 20.6. The van der Waals surface area contributed by atoms with Crippen molar-refractivity contribution in [1.82, 2.24) is 24.8 Å². The minimum Gasteiger partial charge on any atom is -0.497 e.